The van der Waals surface area contributed by atoms with E-state index in [1.807, 2.05) is 6.07 Å². The van der Waals surface area contributed by atoms with Gasteiger partial charge in [-0.2, -0.15) is 0 Å². The molecule has 2 amide bonds. The third kappa shape index (κ3) is 4.84. The van der Waals surface area contributed by atoms with Gasteiger partial charge in [0, 0.05) is 16.7 Å². The Morgan fingerprint density at radius 1 is 1.17 bits per heavy atom. The number of amides is 2. The normalized spacial score (nSPS) is 10.5. The van der Waals surface area contributed by atoms with Crippen molar-refractivity contribution in [2.75, 3.05) is 7.11 Å². The maximum Gasteiger partial charge on any atom is 0.269 e. The zero-order valence-corrected chi connectivity index (χ0v) is 15.0. The minimum absolute atomic E-state index is 0.373. The van der Waals surface area contributed by atoms with Crippen LogP contribution in [0.15, 0.2) is 53.0 Å². The average molecular weight is 410 g/mol. The van der Waals surface area contributed by atoms with Crippen LogP contribution in [0.5, 0.6) is 5.75 Å². The summed E-state index contributed by atoms with van der Waals surface area (Å²) in [4.78, 5) is 23.7. The number of hydrazine groups is 1. The summed E-state index contributed by atoms with van der Waals surface area (Å²) in [5, 5.41) is 0.536. The van der Waals surface area contributed by atoms with Crippen molar-refractivity contribution in [2.24, 2.45) is 0 Å². The van der Waals surface area contributed by atoms with Gasteiger partial charge in [0.25, 0.3) is 11.8 Å². The van der Waals surface area contributed by atoms with Crippen molar-refractivity contribution in [1.29, 1.82) is 0 Å². The molecule has 0 aliphatic carbocycles. The minimum atomic E-state index is -0.476. The maximum atomic E-state index is 12.0. The van der Waals surface area contributed by atoms with Gasteiger partial charge in [-0.1, -0.05) is 29.8 Å². The van der Waals surface area contributed by atoms with Crippen LogP contribution < -0.4 is 15.6 Å². The summed E-state index contributed by atoms with van der Waals surface area (Å²) in [5.41, 5.74) is 5.71. The van der Waals surface area contributed by atoms with Crippen molar-refractivity contribution in [3.8, 4) is 5.75 Å². The summed E-state index contributed by atoms with van der Waals surface area (Å²) in [6, 6.07) is 11.9. The van der Waals surface area contributed by atoms with Gasteiger partial charge in [0.2, 0.25) is 0 Å². The Hall–Kier alpha value is -2.31. The third-order valence-electron chi connectivity index (χ3n) is 3.03. The highest BCUT2D eigenvalue weighted by Crippen LogP contribution is 2.25. The summed E-state index contributed by atoms with van der Waals surface area (Å²) in [6.07, 6.45) is 2.85. The van der Waals surface area contributed by atoms with Crippen molar-refractivity contribution >= 4 is 45.4 Å². The first-order valence-electron chi connectivity index (χ1n) is 6.87. The Balaban J connectivity index is 1.93. The molecule has 2 N–H and O–H groups in total. The fraction of sp³-hybridized carbons (Fsp3) is 0.0588. The first-order chi connectivity index (χ1) is 11.5. The fourth-order valence-corrected chi connectivity index (χ4v) is 2.55. The topological polar surface area (TPSA) is 67.4 Å². The number of carbonyl (C=O) groups excluding carboxylic acids is 2. The summed E-state index contributed by atoms with van der Waals surface area (Å²) >= 11 is 9.28. The van der Waals surface area contributed by atoms with Gasteiger partial charge in [0.05, 0.1) is 11.6 Å². The van der Waals surface area contributed by atoms with E-state index in [4.69, 9.17) is 16.3 Å². The first-order valence-corrected chi connectivity index (χ1v) is 8.05. The lowest BCUT2D eigenvalue weighted by molar-refractivity contribution is -0.117. The van der Waals surface area contributed by atoms with Crippen LogP contribution in [0.1, 0.15) is 15.9 Å². The molecule has 0 bridgehead atoms. The Kier molecular flexibility index (Phi) is 6.40. The number of methoxy groups -OCH3 is 1. The van der Waals surface area contributed by atoms with Crippen LogP contribution >= 0.6 is 27.5 Å². The first kappa shape index (κ1) is 18.0. The number of hydrogen-bond acceptors (Lipinski definition) is 3. The summed E-state index contributed by atoms with van der Waals surface area (Å²) < 4.78 is 5.73. The molecule has 0 fully saturated rings. The van der Waals surface area contributed by atoms with E-state index >= 15 is 0 Å². The smallest absolute Gasteiger partial charge is 0.269 e. The molecule has 24 heavy (non-hydrogen) atoms. The van der Waals surface area contributed by atoms with Crippen molar-refractivity contribution in [3.63, 3.8) is 0 Å². The second-order valence-electron chi connectivity index (χ2n) is 4.65. The molecule has 2 aromatic rings. The van der Waals surface area contributed by atoms with Crippen LogP contribution in [0, 0.1) is 0 Å². The number of hydrogen-bond donors (Lipinski definition) is 2. The minimum Gasteiger partial charge on any atom is -0.496 e. The third-order valence-corrected chi connectivity index (χ3v) is 4.00. The molecule has 124 valence electrons. The van der Waals surface area contributed by atoms with E-state index in [1.165, 1.54) is 13.2 Å². The molecule has 7 heteroatoms. The maximum absolute atomic E-state index is 12.0. The van der Waals surface area contributed by atoms with Gasteiger partial charge in [-0.25, -0.2) is 0 Å². The molecule has 0 spiro atoms. The highest BCUT2D eigenvalue weighted by Gasteiger charge is 2.09. The lowest BCUT2D eigenvalue weighted by Crippen LogP contribution is -2.40. The largest absolute Gasteiger partial charge is 0.496 e. The monoisotopic (exact) mass is 408 g/mol. The Morgan fingerprint density at radius 2 is 1.92 bits per heavy atom. The molecular weight excluding hydrogens is 396 g/mol. The molecule has 0 aromatic heterocycles. The molecule has 0 atom stereocenters. The van der Waals surface area contributed by atoms with Crippen LogP contribution in [-0.4, -0.2) is 18.9 Å². The van der Waals surface area contributed by atoms with Crippen LogP contribution in [0.3, 0.4) is 0 Å². The number of halogens is 2. The number of benzene rings is 2. The average Bonchev–Trinajstić information content (AvgIpc) is 2.58. The Morgan fingerprint density at radius 3 is 2.58 bits per heavy atom. The van der Waals surface area contributed by atoms with Crippen molar-refractivity contribution in [3.05, 3.63) is 69.2 Å². The van der Waals surface area contributed by atoms with Crippen molar-refractivity contribution in [1.82, 2.24) is 10.9 Å². The van der Waals surface area contributed by atoms with E-state index in [0.29, 0.717) is 26.4 Å². The second kappa shape index (κ2) is 8.52. The van der Waals surface area contributed by atoms with Crippen molar-refractivity contribution < 1.29 is 14.3 Å². The second-order valence-corrected chi connectivity index (χ2v) is 5.91. The standard InChI is InChI=1S/C17H14BrClN2O3/c1-24-15-8-6-12(10-13(15)18)17(23)21-20-16(22)9-7-11-4-2-3-5-14(11)19/h2-10H,1H3,(H,20,22)(H,21,23). The number of rotatable bonds is 4. The fourth-order valence-electron chi connectivity index (χ4n) is 1.82. The molecule has 2 rings (SSSR count). The van der Waals surface area contributed by atoms with Crippen LogP contribution in [0.4, 0.5) is 0 Å². The molecule has 0 radical (unpaired) electrons. The molecular formula is C17H14BrClN2O3. The predicted molar refractivity (Wildman–Crippen MR) is 96.8 cm³/mol. The summed E-state index contributed by atoms with van der Waals surface area (Å²) in [5.74, 6) is -0.313. The van der Waals surface area contributed by atoms with E-state index in [9.17, 15) is 9.59 Å². The molecule has 0 aliphatic heterocycles. The highest BCUT2D eigenvalue weighted by atomic mass is 79.9. The quantitative estimate of drug-likeness (QED) is 0.599. The van der Waals surface area contributed by atoms with E-state index < -0.39 is 11.8 Å². The van der Waals surface area contributed by atoms with Gasteiger partial charge >= 0.3 is 0 Å². The number of ether oxygens (including phenoxy) is 1. The van der Waals surface area contributed by atoms with E-state index in [-0.39, 0.29) is 0 Å². The van der Waals surface area contributed by atoms with Crippen LogP contribution in [-0.2, 0) is 4.79 Å². The molecule has 0 saturated heterocycles. The van der Waals surface area contributed by atoms with E-state index in [0.717, 1.165) is 0 Å². The van der Waals surface area contributed by atoms with Gasteiger partial charge in [-0.3, -0.25) is 20.4 Å². The lowest BCUT2D eigenvalue weighted by Gasteiger charge is -2.07. The molecule has 0 unspecified atom stereocenters. The zero-order chi connectivity index (χ0) is 17.5. The SMILES string of the molecule is COc1ccc(C(=O)NNC(=O)C=Cc2ccccc2Cl)cc1Br. The van der Waals surface area contributed by atoms with Crippen molar-refractivity contribution in [2.45, 2.75) is 0 Å². The van der Waals surface area contributed by atoms with Gasteiger partial charge in [0.1, 0.15) is 5.75 Å². The van der Waals surface area contributed by atoms with E-state index in [2.05, 4.69) is 26.8 Å². The Labute approximate surface area is 152 Å². The van der Waals surface area contributed by atoms with Gasteiger partial charge in [-0.15, -0.1) is 0 Å². The molecule has 0 saturated carbocycles. The molecule has 0 heterocycles. The molecule has 0 aliphatic rings. The van der Waals surface area contributed by atoms with Crippen LogP contribution in [0.25, 0.3) is 6.08 Å². The number of nitrogens with one attached hydrogen (secondary N) is 2. The van der Waals surface area contributed by atoms with Gasteiger partial charge < -0.3 is 4.74 Å². The van der Waals surface area contributed by atoms with Crippen LogP contribution in [0.2, 0.25) is 5.02 Å². The predicted octanol–water partition coefficient (Wildman–Crippen LogP) is 3.59. The van der Waals surface area contributed by atoms with Gasteiger partial charge in [0.15, 0.2) is 0 Å². The Bertz CT molecular complexity index is 793. The summed E-state index contributed by atoms with van der Waals surface area (Å²) in [7, 11) is 1.53. The summed E-state index contributed by atoms with van der Waals surface area (Å²) in [6.45, 7) is 0. The van der Waals surface area contributed by atoms with E-state index in [1.54, 1.807) is 42.5 Å². The van der Waals surface area contributed by atoms with Gasteiger partial charge in [-0.05, 0) is 51.8 Å². The lowest BCUT2D eigenvalue weighted by atomic mass is 10.2. The zero-order valence-electron chi connectivity index (χ0n) is 12.7. The molecule has 5 nitrogen and oxygen atoms in total. The number of carbonyl (C=O) groups is 2. The molecule has 2 aromatic carbocycles. The highest BCUT2D eigenvalue weighted by molar-refractivity contribution is 9.10.